The SMILES string of the molecule is Cc1ccccc1/C=N/c1ccccc1. The summed E-state index contributed by atoms with van der Waals surface area (Å²) >= 11 is 0. The van der Waals surface area contributed by atoms with Gasteiger partial charge in [0.2, 0.25) is 0 Å². The number of aryl methyl sites for hydroxylation is 1. The maximum atomic E-state index is 4.41. The van der Waals surface area contributed by atoms with Crippen LogP contribution < -0.4 is 0 Å². The molecule has 1 nitrogen and oxygen atoms in total. The molecule has 0 aromatic heterocycles. The van der Waals surface area contributed by atoms with Crippen molar-refractivity contribution in [2.75, 3.05) is 0 Å². The van der Waals surface area contributed by atoms with Crippen molar-refractivity contribution >= 4 is 11.9 Å². The van der Waals surface area contributed by atoms with Gasteiger partial charge >= 0.3 is 0 Å². The van der Waals surface area contributed by atoms with Crippen molar-refractivity contribution < 1.29 is 0 Å². The third kappa shape index (κ3) is 2.53. The van der Waals surface area contributed by atoms with E-state index in [0.717, 1.165) is 5.69 Å². The Hall–Kier alpha value is -1.89. The highest BCUT2D eigenvalue weighted by molar-refractivity contribution is 5.83. The molecule has 0 radical (unpaired) electrons. The smallest absolute Gasteiger partial charge is 0.0629 e. The van der Waals surface area contributed by atoms with E-state index in [9.17, 15) is 0 Å². The van der Waals surface area contributed by atoms with Gasteiger partial charge in [-0.15, -0.1) is 0 Å². The second-order valence-electron chi connectivity index (χ2n) is 3.45. The topological polar surface area (TPSA) is 12.4 Å². The first-order chi connectivity index (χ1) is 7.36. The lowest BCUT2D eigenvalue weighted by atomic mass is 10.1. The van der Waals surface area contributed by atoms with Crippen molar-refractivity contribution in [3.63, 3.8) is 0 Å². The zero-order chi connectivity index (χ0) is 10.5. The fraction of sp³-hybridized carbons (Fsp3) is 0.0714. The van der Waals surface area contributed by atoms with Gasteiger partial charge in [-0.1, -0.05) is 42.5 Å². The molecule has 0 saturated carbocycles. The highest BCUT2D eigenvalue weighted by Gasteiger charge is 1.91. The molecule has 0 N–H and O–H groups in total. The minimum atomic E-state index is 0.987. The van der Waals surface area contributed by atoms with Gasteiger partial charge in [0.25, 0.3) is 0 Å². The molecule has 0 bridgehead atoms. The van der Waals surface area contributed by atoms with E-state index in [-0.39, 0.29) is 0 Å². The summed E-state index contributed by atoms with van der Waals surface area (Å²) < 4.78 is 0. The Labute approximate surface area is 90.1 Å². The number of rotatable bonds is 2. The molecule has 2 rings (SSSR count). The monoisotopic (exact) mass is 195 g/mol. The minimum Gasteiger partial charge on any atom is -0.256 e. The summed E-state index contributed by atoms with van der Waals surface area (Å²) in [5.74, 6) is 0. The third-order valence-corrected chi connectivity index (χ3v) is 2.30. The Balaban J connectivity index is 2.23. The van der Waals surface area contributed by atoms with Crippen molar-refractivity contribution in [3.05, 3.63) is 65.7 Å². The van der Waals surface area contributed by atoms with Crippen LogP contribution in [0.1, 0.15) is 11.1 Å². The van der Waals surface area contributed by atoms with Crippen molar-refractivity contribution in [3.8, 4) is 0 Å². The molecule has 0 saturated heterocycles. The molecule has 1 heteroatoms. The Morgan fingerprint density at radius 1 is 0.867 bits per heavy atom. The van der Waals surface area contributed by atoms with Gasteiger partial charge in [-0.25, -0.2) is 0 Å². The molecule has 0 unspecified atom stereocenters. The van der Waals surface area contributed by atoms with Crippen LogP contribution in [0.5, 0.6) is 0 Å². The maximum Gasteiger partial charge on any atom is 0.0629 e. The molecule has 74 valence electrons. The third-order valence-electron chi connectivity index (χ3n) is 2.30. The highest BCUT2D eigenvalue weighted by atomic mass is 14.7. The number of para-hydroxylation sites is 1. The van der Waals surface area contributed by atoms with Gasteiger partial charge in [0.05, 0.1) is 5.69 Å². The molecule has 2 aromatic rings. The predicted octanol–water partition coefficient (Wildman–Crippen LogP) is 3.75. The van der Waals surface area contributed by atoms with Crippen LogP contribution in [0.15, 0.2) is 59.6 Å². The second-order valence-corrected chi connectivity index (χ2v) is 3.45. The van der Waals surface area contributed by atoms with Gasteiger partial charge in [-0.3, -0.25) is 4.99 Å². The standard InChI is InChI=1S/C14H13N/c1-12-7-5-6-8-13(12)11-15-14-9-3-2-4-10-14/h2-11H,1H3/b15-11+. The molecule has 0 fully saturated rings. The lowest BCUT2D eigenvalue weighted by Crippen LogP contribution is -1.84. The zero-order valence-electron chi connectivity index (χ0n) is 8.72. The summed E-state index contributed by atoms with van der Waals surface area (Å²) in [6, 6.07) is 18.2. The molecule has 0 spiro atoms. The van der Waals surface area contributed by atoms with Gasteiger partial charge in [0, 0.05) is 6.21 Å². The first-order valence-electron chi connectivity index (χ1n) is 5.01. The summed E-state index contributed by atoms with van der Waals surface area (Å²) in [6.45, 7) is 2.09. The summed E-state index contributed by atoms with van der Waals surface area (Å²) in [7, 11) is 0. The van der Waals surface area contributed by atoms with Gasteiger partial charge in [-0.05, 0) is 30.2 Å². The summed E-state index contributed by atoms with van der Waals surface area (Å²) in [6.07, 6.45) is 1.91. The fourth-order valence-electron chi connectivity index (χ4n) is 1.39. The summed E-state index contributed by atoms with van der Waals surface area (Å²) in [5, 5.41) is 0. The fourth-order valence-corrected chi connectivity index (χ4v) is 1.39. The Morgan fingerprint density at radius 3 is 2.27 bits per heavy atom. The van der Waals surface area contributed by atoms with Crippen LogP contribution in [0.2, 0.25) is 0 Å². The van der Waals surface area contributed by atoms with Crippen molar-refractivity contribution in [2.24, 2.45) is 4.99 Å². The van der Waals surface area contributed by atoms with Crippen LogP contribution >= 0.6 is 0 Å². The van der Waals surface area contributed by atoms with E-state index in [2.05, 4.69) is 24.0 Å². The molecule has 0 amide bonds. The zero-order valence-corrected chi connectivity index (χ0v) is 8.72. The minimum absolute atomic E-state index is 0.987. The number of nitrogens with zero attached hydrogens (tertiary/aromatic N) is 1. The molecule has 0 aliphatic carbocycles. The van der Waals surface area contributed by atoms with E-state index < -0.39 is 0 Å². The van der Waals surface area contributed by atoms with E-state index in [1.165, 1.54) is 11.1 Å². The molecular weight excluding hydrogens is 182 g/mol. The van der Waals surface area contributed by atoms with Crippen LogP contribution in [-0.2, 0) is 0 Å². The van der Waals surface area contributed by atoms with Gasteiger partial charge in [-0.2, -0.15) is 0 Å². The van der Waals surface area contributed by atoms with Crippen molar-refractivity contribution in [2.45, 2.75) is 6.92 Å². The van der Waals surface area contributed by atoms with Crippen LogP contribution in [0.25, 0.3) is 0 Å². The average molecular weight is 195 g/mol. The van der Waals surface area contributed by atoms with Crippen molar-refractivity contribution in [1.29, 1.82) is 0 Å². The molecule has 15 heavy (non-hydrogen) atoms. The molecular formula is C14H13N. The Morgan fingerprint density at radius 2 is 1.53 bits per heavy atom. The Kier molecular flexibility index (Phi) is 2.93. The molecule has 0 aliphatic rings. The van der Waals surface area contributed by atoms with E-state index in [1.54, 1.807) is 0 Å². The summed E-state index contributed by atoms with van der Waals surface area (Å²) in [5.41, 5.74) is 3.40. The lowest BCUT2D eigenvalue weighted by Gasteiger charge is -1.97. The number of aliphatic imine (C=N–C) groups is 1. The van der Waals surface area contributed by atoms with Crippen LogP contribution in [-0.4, -0.2) is 6.21 Å². The lowest BCUT2D eigenvalue weighted by molar-refractivity contribution is 1.44. The van der Waals surface area contributed by atoms with E-state index >= 15 is 0 Å². The molecule has 0 heterocycles. The van der Waals surface area contributed by atoms with E-state index in [0.29, 0.717) is 0 Å². The number of hydrogen-bond donors (Lipinski definition) is 0. The number of hydrogen-bond acceptors (Lipinski definition) is 1. The number of benzene rings is 2. The Bertz CT molecular complexity index is 458. The largest absolute Gasteiger partial charge is 0.256 e. The van der Waals surface area contributed by atoms with Gasteiger partial charge in [0.1, 0.15) is 0 Å². The van der Waals surface area contributed by atoms with E-state index in [1.807, 2.05) is 48.7 Å². The maximum absolute atomic E-state index is 4.41. The predicted molar refractivity (Wildman–Crippen MR) is 64.9 cm³/mol. The highest BCUT2D eigenvalue weighted by Crippen LogP contribution is 2.11. The quantitative estimate of drug-likeness (QED) is 0.647. The molecule has 0 aliphatic heterocycles. The van der Waals surface area contributed by atoms with Crippen LogP contribution in [0.4, 0.5) is 5.69 Å². The molecule has 2 aromatic carbocycles. The van der Waals surface area contributed by atoms with Gasteiger partial charge < -0.3 is 0 Å². The first kappa shape index (κ1) is 9.66. The average Bonchev–Trinajstić information content (AvgIpc) is 2.29. The second kappa shape index (κ2) is 4.56. The van der Waals surface area contributed by atoms with E-state index in [4.69, 9.17) is 0 Å². The molecule has 0 atom stereocenters. The normalized spacial score (nSPS) is 10.7. The summed E-state index contributed by atoms with van der Waals surface area (Å²) in [4.78, 5) is 4.41. The first-order valence-corrected chi connectivity index (χ1v) is 5.01. The van der Waals surface area contributed by atoms with Crippen molar-refractivity contribution in [1.82, 2.24) is 0 Å². The van der Waals surface area contributed by atoms with Crippen LogP contribution in [0.3, 0.4) is 0 Å². The van der Waals surface area contributed by atoms with Crippen LogP contribution in [0, 0.1) is 6.92 Å². The van der Waals surface area contributed by atoms with Gasteiger partial charge in [0.15, 0.2) is 0 Å².